The van der Waals surface area contributed by atoms with Crippen LogP contribution >= 0.6 is 0 Å². The van der Waals surface area contributed by atoms with Gasteiger partial charge in [-0.05, 0) is 42.5 Å². The quantitative estimate of drug-likeness (QED) is 0.695. The van der Waals surface area contributed by atoms with Crippen LogP contribution in [0.4, 0.5) is 0 Å². The van der Waals surface area contributed by atoms with Gasteiger partial charge < -0.3 is 10.1 Å². The molecule has 1 atom stereocenters. The average Bonchev–Trinajstić information content (AvgIpc) is 2.78. The molecule has 1 heterocycles. The second-order valence-electron chi connectivity index (χ2n) is 7.66. The predicted octanol–water partition coefficient (Wildman–Crippen LogP) is 3.50. The number of hydrogen-bond donors (Lipinski definition) is 1. The molecule has 0 bridgehead atoms. The lowest BCUT2D eigenvalue weighted by atomic mass is 9.95. The van der Waals surface area contributed by atoms with Crippen LogP contribution in [0.3, 0.4) is 0 Å². The van der Waals surface area contributed by atoms with E-state index in [9.17, 15) is 13.2 Å². The highest BCUT2D eigenvalue weighted by molar-refractivity contribution is 7.88. The maximum absolute atomic E-state index is 12.8. The van der Waals surface area contributed by atoms with E-state index in [4.69, 9.17) is 4.74 Å². The van der Waals surface area contributed by atoms with Gasteiger partial charge in [0.15, 0.2) is 0 Å². The number of sulfonamides is 1. The van der Waals surface area contributed by atoms with E-state index in [2.05, 4.69) is 5.32 Å². The van der Waals surface area contributed by atoms with E-state index in [0.29, 0.717) is 25.9 Å². The molecule has 1 aliphatic rings. The highest BCUT2D eigenvalue weighted by Gasteiger charge is 2.31. The zero-order valence-corrected chi connectivity index (χ0v) is 18.4. The monoisotopic (exact) mass is 430 g/mol. The number of rotatable bonds is 8. The molecule has 1 N–H and O–H groups in total. The van der Waals surface area contributed by atoms with Crippen molar-refractivity contribution in [2.45, 2.75) is 38.0 Å². The Labute approximate surface area is 179 Å². The van der Waals surface area contributed by atoms with E-state index in [1.54, 1.807) is 7.11 Å². The summed E-state index contributed by atoms with van der Waals surface area (Å²) in [6.45, 7) is 2.80. The number of nitrogens with zero attached hydrogens (tertiary/aromatic N) is 1. The zero-order valence-electron chi connectivity index (χ0n) is 17.6. The van der Waals surface area contributed by atoms with Gasteiger partial charge in [-0.3, -0.25) is 4.79 Å². The third-order valence-electron chi connectivity index (χ3n) is 5.65. The molecule has 1 unspecified atom stereocenters. The Kier molecular flexibility index (Phi) is 7.50. The summed E-state index contributed by atoms with van der Waals surface area (Å²) in [7, 11) is -1.75. The first-order chi connectivity index (χ1) is 14.4. The maximum Gasteiger partial charge on any atom is 0.223 e. The molecular formula is C23H30N2O4S. The number of ether oxygens (including phenoxy) is 1. The largest absolute Gasteiger partial charge is 0.497 e. The number of nitrogens with one attached hydrogen (secondary N) is 1. The minimum Gasteiger partial charge on any atom is -0.497 e. The normalized spacial score (nSPS) is 16.7. The Morgan fingerprint density at radius 3 is 2.30 bits per heavy atom. The second-order valence-corrected chi connectivity index (χ2v) is 9.63. The summed E-state index contributed by atoms with van der Waals surface area (Å²) >= 11 is 0. The second kappa shape index (κ2) is 10.1. The standard InChI is InChI=1S/C23H30N2O4S/c1-3-22(19-9-11-21(29-2)12-10-19)24-23(26)20-13-15-25(16-14-20)30(27,28)17-18-7-5-4-6-8-18/h4-12,20,22H,3,13-17H2,1-2H3,(H,24,26). The molecule has 1 aliphatic heterocycles. The molecule has 162 valence electrons. The van der Waals surface area contributed by atoms with Crippen LogP contribution in [0.25, 0.3) is 0 Å². The van der Waals surface area contributed by atoms with E-state index in [-0.39, 0.29) is 23.6 Å². The van der Waals surface area contributed by atoms with Crippen LogP contribution in [0, 0.1) is 5.92 Å². The average molecular weight is 431 g/mol. The summed E-state index contributed by atoms with van der Waals surface area (Å²) in [6.07, 6.45) is 1.86. The minimum atomic E-state index is -3.37. The fourth-order valence-electron chi connectivity index (χ4n) is 3.82. The molecule has 0 saturated carbocycles. The molecule has 2 aromatic carbocycles. The molecule has 3 rings (SSSR count). The summed E-state index contributed by atoms with van der Waals surface area (Å²) in [5.41, 5.74) is 1.82. The first kappa shape index (κ1) is 22.3. The number of amides is 1. The summed E-state index contributed by atoms with van der Waals surface area (Å²) in [6, 6.07) is 16.8. The van der Waals surface area contributed by atoms with Crippen molar-refractivity contribution in [3.8, 4) is 5.75 Å². The first-order valence-corrected chi connectivity index (χ1v) is 12.0. The van der Waals surface area contributed by atoms with Gasteiger partial charge in [0, 0.05) is 19.0 Å². The van der Waals surface area contributed by atoms with Crippen LogP contribution in [0.15, 0.2) is 54.6 Å². The fourth-order valence-corrected chi connectivity index (χ4v) is 5.38. The van der Waals surface area contributed by atoms with Crippen molar-refractivity contribution in [1.82, 2.24) is 9.62 Å². The summed E-state index contributed by atoms with van der Waals surface area (Å²) in [5.74, 6) is 0.613. The SMILES string of the molecule is CCC(NC(=O)C1CCN(S(=O)(=O)Cc2ccccc2)CC1)c1ccc(OC)cc1. The highest BCUT2D eigenvalue weighted by Crippen LogP contribution is 2.25. The number of benzene rings is 2. The Bertz CT molecular complexity index is 921. The Morgan fingerprint density at radius 2 is 1.73 bits per heavy atom. The molecule has 30 heavy (non-hydrogen) atoms. The predicted molar refractivity (Wildman–Crippen MR) is 118 cm³/mol. The van der Waals surface area contributed by atoms with Crippen LogP contribution in [0.2, 0.25) is 0 Å². The Morgan fingerprint density at radius 1 is 1.10 bits per heavy atom. The third-order valence-corrected chi connectivity index (χ3v) is 7.50. The van der Waals surface area contributed by atoms with Crippen molar-refractivity contribution in [1.29, 1.82) is 0 Å². The van der Waals surface area contributed by atoms with Gasteiger partial charge in [-0.2, -0.15) is 0 Å². The smallest absolute Gasteiger partial charge is 0.223 e. The number of methoxy groups -OCH3 is 1. The van der Waals surface area contributed by atoms with Crippen LogP contribution in [0.1, 0.15) is 43.4 Å². The number of carbonyl (C=O) groups is 1. The lowest BCUT2D eigenvalue weighted by molar-refractivity contribution is -0.126. The molecule has 0 aromatic heterocycles. The van der Waals surface area contributed by atoms with Gasteiger partial charge in [0.1, 0.15) is 5.75 Å². The van der Waals surface area contributed by atoms with Crippen LogP contribution in [0.5, 0.6) is 5.75 Å². The molecule has 1 amide bonds. The van der Waals surface area contributed by atoms with Gasteiger partial charge in [-0.15, -0.1) is 0 Å². The van der Waals surface area contributed by atoms with E-state index in [1.165, 1.54) is 4.31 Å². The lowest BCUT2D eigenvalue weighted by Crippen LogP contribution is -2.44. The van der Waals surface area contributed by atoms with Crippen molar-refractivity contribution < 1.29 is 17.9 Å². The zero-order chi connectivity index (χ0) is 21.6. The molecule has 1 saturated heterocycles. The summed E-state index contributed by atoms with van der Waals surface area (Å²) in [4.78, 5) is 12.8. The topological polar surface area (TPSA) is 75.7 Å². The summed E-state index contributed by atoms with van der Waals surface area (Å²) in [5, 5.41) is 3.14. The molecular weight excluding hydrogens is 400 g/mol. The third kappa shape index (κ3) is 5.61. The minimum absolute atomic E-state index is 0.0000809. The molecule has 7 heteroatoms. The van der Waals surface area contributed by atoms with Crippen LogP contribution in [-0.2, 0) is 20.6 Å². The number of hydrogen-bond acceptors (Lipinski definition) is 4. The molecule has 0 spiro atoms. The Hall–Kier alpha value is -2.38. The Balaban J connectivity index is 1.55. The van der Waals surface area contributed by atoms with E-state index in [0.717, 1.165) is 23.3 Å². The highest BCUT2D eigenvalue weighted by atomic mass is 32.2. The first-order valence-electron chi connectivity index (χ1n) is 10.4. The molecule has 6 nitrogen and oxygen atoms in total. The molecule has 2 aromatic rings. The van der Waals surface area contributed by atoms with Gasteiger partial charge in [0.2, 0.25) is 15.9 Å². The number of carbonyl (C=O) groups excluding carboxylic acids is 1. The van der Waals surface area contributed by atoms with Gasteiger partial charge >= 0.3 is 0 Å². The van der Waals surface area contributed by atoms with Crippen LogP contribution in [-0.4, -0.2) is 38.8 Å². The lowest BCUT2D eigenvalue weighted by Gasteiger charge is -2.31. The summed E-state index contributed by atoms with van der Waals surface area (Å²) < 4.78 is 32.1. The number of piperidine rings is 1. The van der Waals surface area contributed by atoms with Gasteiger partial charge in [-0.1, -0.05) is 49.4 Å². The molecule has 0 radical (unpaired) electrons. The van der Waals surface area contributed by atoms with E-state index in [1.807, 2.05) is 61.5 Å². The van der Waals surface area contributed by atoms with Gasteiger partial charge in [0.25, 0.3) is 0 Å². The van der Waals surface area contributed by atoms with Crippen molar-refractivity contribution in [2.75, 3.05) is 20.2 Å². The van der Waals surface area contributed by atoms with Gasteiger partial charge in [0.05, 0.1) is 18.9 Å². The fraction of sp³-hybridized carbons (Fsp3) is 0.435. The van der Waals surface area contributed by atoms with E-state index >= 15 is 0 Å². The van der Waals surface area contributed by atoms with Crippen LogP contribution < -0.4 is 10.1 Å². The molecule has 1 fully saturated rings. The van der Waals surface area contributed by atoms with Gasteiger partial charge in [-0.25, -0.2) is 12.7 Å². The van der Waals surface area contributed by atoms with E-state index < -0.39 is 10.0 Å². The van der Waals surface area contributed by atoms with Crippen molar-refractivity contribution in [3.05, 3.63) is 65.7 Å². The molecule has 0 aliphatic carbocycles. The van der Waals surface area contributed by atoms with Crippen molar-refractivity contribution in [3.63, 3.8) is 0 Å². The van der Waals surface area contributed by atoms with Crippen molar-refractivity contribution in [2.24, 2.45) is 5.92 Å². The van der Waals surface area contributed by atoms with Crippen molar-refractivity contribution >= 4 is 15.9 Å². The maximum atomic E-state index is 12.8.